The zero-order chi connectivity index (χ0) is 12.1. The van der Waals surface area contributed by atoms with Gasteiger partial charge in [0.15, 0.2) is 0 Å². The number of likely N-dealkylation sites (N-methyl/N-ethyl adjacent to an activating group) is 2. The van der Waals surface area contributed by atoms with Crippen LogP contribution in [0.5, 0.6) is 0 Å². The zero-order valence-corrected chi connectivity index (χ0v) is 10.0. The monoisotopic (exact) mass is 227 g/mol. The van der Waals surface area contributed by atoms with Crippen LogP contribution < -0.4 is 11.1 Å². The third-order valence-corrected chi connectivity index (χ3v) is 3.16. The normalized spacial score (nSPS) is 24.9. The van der Waals surface area contributed by atoms with Gasteiger partial charge >= 0.3 is 0 Å². The van der Waals surface area contributed by atoms with Crippen molar-refractivity contribution in [2.24, 2.45) is 11.7 Å². The summed E-state index contributed by atoms with van der Waals surface area (Å²) >= 11 is 0. The Kier molecular flexibility index (Phi) is 4.73. The molecule has 1 fully saturated rings. The van der Waals surface area contributed by atoms with Gasteiger partial charge in [0.05, 0.1) is 6.54 Å². The molecule has 0 spiro atoms. The lowest BCUT2D eigenvalue weighted by molar-refractivity contribution is -0.138. The molecule has 0 heterocycles. The molecule has 0 aromatic heterocycles. The van der Waals surface area contributed by atoms with E-state index in [1.165, 1.54) is 4.90 Å². The highest BCUT2D eigenvalue weighted by molar-refractivity contribution is 5.85. The zero-order valence-electron chi connectivity index (χ0n) is 10.0. The summed E-state index contributed by atoms with van der Waals surface area (Å²) in [5, 5.41) is 2.51. The first-order chi connectivity index (χ1) is 7.54. The van der Waals surface area contributed by atoms with E-state index < -0.39 is 0 Å². The largest absolute Gasteiger partial charge is 0.358 e. The molecule has 92 valence electrons. The Hall–Kier alpha value is -1.10. The molecule has 3 N–H and O–H groups in total. The Morgan fingerprint density at radius 3 is 2.38 bits per heavy atom. The molecule has 5 heteroatoms. The first-order valence-corrected chi connectivity index (χ1v) is 5.75. The first kappa shape index (κ1) is 13.0. The molecule has 0 saturated heterocycles. The maximum absolute atomic E-state index is 12.0. The van der Waals surface area contributed by atoms with Crippen LogP contribution in [0.1, 0.15) is 25.7 Å². The first-order valence-electron chi connectivity index (χ1n) is 5.75. The Labute approximate surface area is 96.4 Å². The summed E-state index contributed by atoms with van der Waals surface area (Å²) in [7, 11) is 3.24. The Morgan fingerprint density at radius 1 is 1.31 bits per heavy atom. The highest BCUT2D eigenvalue weighted by Crippen LogP contribution is 2.24. The number of nitrogens with one attached hydrogen (secondary N) is 1. The van der Waals surface area contributed by atoms with Crippen molar-refractivity contribution in [1.82, 2.24) is 10.2 Å². The fraction of sp³-hybridized carbons (Fsp3) is 0.818. The number of amides is 2. The molecule has 0 bridgehead atoms. The third kappa shape index (κ3) is 3.48. The summed E-state index contributed by atoms with van der Waals surface area (Å²) in [4.78, 5) is 24.6. The van der Waals surface area contributed by atoms with Gasteiger partial charge < -0.3 is 16.0 Å². The molecule has 16 heavy (non-hydrogen) atoms. The summed E-state index contributed by atoms with van der Waals surface area (Å²) < 4.78 is 0. The minimum atomic E-state index is -0.136. The van der Waals surface area contributed by atoms with Crippen molar-refractivity contribution < 1.29 is 9.59 Å². The Bertz CT molecular complexity index is 260. The van der Waals surface area contributed by atoms with Crippen LogP contribution in [0.4, 0.5) is 0 Å². The molecule has 1 aliphatic rings. The fourth-order valence-corrected chi connectivity index (χ4v) is 2.05. The van der Waals surface area contributed by atoms with Gasteiger partial charge in [0, 0.05) is 26.1 Å². The van der Waals surface area contributed by atoms with E-state index in [0.29, 0.717) is 0 Å². The molecule has 5 nitrogen and oxygen atoms in total. The van der Waals surface area contributed by atoms with Crippen molar-refractivity contribution in [1.29, 1.82) is 0 Å². The van der Waals surface area contributed by atoms with Crippen molar-refractivity contribution in [2.75, 3.05) is 20.6 Å². The Morgan fingerprint density at radius 2 is 1.88 bits per heavy atom. The van der Waals surface area contributed by atoms with E-state index in [2.05, 4.69) is 5.32 Å². The van der Waals surface area contributed by atoms with Crippen molar-refractivity contribution >= 4 is 11.8 Å². The van der Waals surface area contributed by atoms with Crippen molar-refractivity contribution in [3.05, 3.63) is 0 Å². The molecule has 0 aromatic carbocycles. The van der Waals surface area contributed by atoms with Crippen LogP contribution in [0.3, 0.4) is 0 Å². The average molecular weight is 227 g/mol. The summed E-state index contributed by atoms with van der Waals surface area (Å²) in [6.07, 6.45) is 3.50. The number of carbonyl (C=O) groups is 2. The molecule has 0 aliphatic heterocycles. The maximum atomic E-state index is 12.0. The van der Waals surface area contributed by atoms with Crippen LogP contribution >= 0.6 is 0 Å². The van der Waals surface area contributed by atoms with Crippen molar-refractivity contribution in [3.63, 3.8) is 0 Å². The minimum absolute atomic E-state index is 0.0504. The highest BCUT2D eigenvalue weighted by atomic mass is 16.2. The van der Waals surface area contributed by atoms with Gasteiger partial charge in [0.1, 0.15) is 0 Å². The molecular formula is C11H21N3O2. The van der Waals surface area contributed by atoms with Gasteiger partial charge in [0.25, 0.3) is 0 Å². The van der Waals surface area contributed by atoms with Crippen LogP contribution in [0.15, 0.2) is 0 Å². The number of hydrogen-bond acceptors (Lipinski definition) is 3. The van der Waals surface area contributed by atoms with Gasteiger partial charge in [0.2, 0.25) is 11.8 Å². The maximum Gasteiger partial charge on any atom is 0.239 e. The van der Waals surface area contributed by atoms with E-state index in [0.717, 1.165) is 25.7 Å². The Balaban J connectivity index is 2.41. The lowest BCUT2D eigenvalue weighted by Crippen LogP contribution is -2.41. The molecule has 0 aromatic rings. The van der Waals surface area contributed by atoms with E-state index >= 15 is 0 Å². The topological polar surface area (TPSA) is 75.4 Å². The molecule has 2 amide bonds. The van der Waals surface area contributed by atoms with Crippen molar-refractivity contribution in [2.45, 2.75) is 31.7 Å². The van der Waals surface area contributed by atoms with E-state index in [9.17, 15) is 9.59 Å². The number of nitrogens with two attached hydrogens (primary N) is 1. The van der Waals surface area contributed by atoms with Gasteiger partial charge in [-0.15, -0.1) is 0 Å². The predicted molar refractivity (Wildman–Crippen MR) is 61.6 cm³/mol. The number of hydrogen-bond donors (Lipinski definition) is 2. The quantitative estimate of drug-likeness (QED) is 0.695. The standard InChI is InChI=1S/C11H21N3O2/c1-13-10(15)7-14(2)11(16)8-3-5-9(12)6-4-8/h8-9H,3-7,12H2,1-2H3,(H,13,15). The third-order valence-electron chi connectivity index (χ3n) is 3.16. The van der Waals surface area contributed by atoms with Crippen LogP contribution in [0.2, 0.25) is 0 Å². The fourth-order valence-electron chi connectivity index (χ4n) is 2.05. The summed E-state index contributed by atoms with van der Waals surface area (Å²) in [6.45, 7) is 0.137. The lowest BCUT2D eigenvalue weighted by Gasteiger charge is -2.28. The average Bonchev–Trinajstić information content (AvgIpc) is 2.28. The van der Waals surface area contributed by atoms with Crippen molar-refractivity contribution in [3.8, 4) is 0 Å². The molecule has 0 unspecified atom stereocenters. The predicted octanol–water partition coefficient (Wildman–Crippen LogP) is -0.292. The lowest BCUT2D eigenvalue weighted by atomic mass is 9.85. The van der Waals surface area contributed by atoms with E-state index in [1.807, 2.05) is 0 Å². The van der Waals surface area contributed by atoms with Crippen LogP contribution in [0, 0.1) is 5.92 Å². The van der Waals surface area contributed by atoms with Gasteiger partial charge in [-0.25, -0.2) is 0 Å². The number of carbonyl (C=O) groups excluding carboxylic acids is 2. The second kappa shape index (κ2) is 5.84. The molecule has 0 atom stereocenters. The minimum Gasteiger partial charge on any atom is -0.358 e. The van der Waals surface area contributed by atoms with Crippen LogP contribution in [-0.4, -0.2) is 43.4 Å². The second-order valence-electron chi connectivity index (χ2n) is 4.48. The van der Waals surface area contributed by atoms with E-state index in [-0.39, 0.29) is 30.3 Å². The van der Waals surface area contributed by atoms with Gasteiger partial charge in [-0.1, -0.05) is 0 Å². The van der Waals surface area contributed by atoms with Gasteiger partial charge in [-0.2, -0.15) is 0 Å². The van der Waals surface area contributed by atoms with E-state index in [4.69, 9.17) is 5.73 Å². The molecule has 1 rings (SSSR count). The molecule has 0 radical (unpaired) electrons. The van der Waals surface area contributed by atoms with Crippen LogP contribution in [0.25, 0.3) is 0 Å². The smallest absolute Gasteiger partial charge is 0.239 e. The summed E-state index contributed by atoms with van der Waals surface area (Å²) in [6, 6.07) is 0.244. The number of nitrogens with zero attached hydrogens (tertiary/aromatic N) is 1. The summed E-state index contributed by atoms with van der Waals surface area (Å²) in [5.74, 6) is -0.0201. The SMILES string of the molecule is CNC(=O)CN(C)C(=O)C1CCC(N)CC1. The highest BCUT2D eigenvalue weighted by Gasteiger charge is 2.27. The molecular weight excluding hydrogens is 206 g/mol. The van der Waals surface area contributed by atoms with Crippen LogP contribution in [-0.2, 0) is 9.59 Å². The van der Waals surface area contributed by atoms with Gasteiger partial charge in [-0.05, 0) is 25.7 Å². The number of rotatable bonds is 3. The van der Waals surface area contributed by atoms with Gasteiger partial charge in [-0.3, -0.25) is 9.59 Å². The molecule has 1 saturated carbocycles. The van der Waals surface area contributed by atoms with E-state index in [1.54, 1.807) is 14.1 Å². The summed E-state index contributed by atoms with van der Waals surface area (Å²) in [5.41, 5.74) is 5.79. The second-order valence-corrected chi connectivity index (χ2v) is 4.48. The molecule has 1 aliphatic carbocycles.